The van der Waals surface area contributed by atoms with Crippen molar-refractivity contribution < 1.29 is 14.4 Å². The van der Waals surface area contributed by atoms with Gasteiger partial charge in [0, 0.05) is 16.8 Å². The topological polar surface area (TPSA) is 75.4 Å². The van der Waals surface area contributed by atoms with Crippen LogP contribution >= 0.6 is 0 Å². The molecule has 0 fully saturated rings. The molecule has 0 bridgehead atoms. The molecular weight excluding hydrogens is 244 g/mol. The molecule has 0 aliphatic rings. The first-order chi connectivity index (χ1) is 9.20. The second kappa shape index (κ2) is 5.85. The molecule has 0 unspecified atom stereocenters. The highest BCUT2D eigenvalue weighted by molar-refractivity contribution is 6.03. The molecule has 0 spiro atoms. The number of aromatic nitrogens is 1. The second-order valence-corrected chi connectivity index (χ2v) is 3.83. The van der Waals surface area contributed by atoms with E-state index in [1.54, 1.807) is 31.2 Å². The van der Waals surface area contributed by atoms with Crippen molar-refractivity contribution in [2.75, 3.05) is 11.9 Å². The van der Waals surface area contributed by atoms with Crippen LogP contribution in [0.25, 0.3) is 0 Å². The van der Waals surface area contributed by atoms with Gasteiger partial charge in [-0.05, 0) is 25.1 Å². The van der Waals surface area contributed by atoms with Crippen molar-refractivity contribution in [2.24, 2.45) is 0 Å². The van der Waals surface area contributed by atoms with Gasteiger partial charge in [-0.3, -0.25) is 4.79 Å². The van der Waals surface area contributed by atoms with E-state index < -0.39 is 0 Å². The number of benzene rings is 1. The summed E-state index contributed by atoms with van der Waals surface area (Å²) in [6.45, 7) is 1.54. The first-order valence-corrected chi connectivity index (χ1v) is 5.63. The largest absolute Gasteiger partial charge is 0.384 e. The number of carbonyl (C=O) groups excluding carboxylic acids is 1. The lowest BCUT2D eigenvalue weighted by atomic mass is 10.2. The zero-order chi connectivity index (χ0) is 13.7. The lowest BCUT2D eigenvalue weighted by Gasteiger charge is -2.03. The van der Waals surface area contributed by atoms with Crippen LogP contribution in [0, 0.1) is 18.8 Å². The summed E-state index contributed by atoms with van der Waals surface area (Å²) < 4.78 is 4.87. The van der Waals surface area contributed by atoms with E-state index in [4.69, 9.17) is 9.63 Å². The summed E-state index contributed by atoms with van der Waals surface area (Å²) in [6.07, 6.45) is 1.48. The summed E-state index contributed by atoms with van der Waals surface area (Å²) in [4.78, 5) is 11.9. The summed E-state index contributed by atoms with van der Waals surface area (Å²) in [5, 5.41) is 14.9. The Morgan fingerprint density at radius 2 is 2.37 bits per heavy atom. The monoisotopic (exact) mass is 256 g/mol. The first-order valence-electron chi connectivity index (χ1n) is 5.63. The summed E-state index contributed by atoms with van der Waals surface area (Å²) in [7, 11) is 0. The Bertz CT molecular complexity index is 650. The van der Waals surface area contributed by atoms with Gasteiger partial charge in [0.05, 0.1) is 6.20 Å². The number of anilines is 1. The van der Waals surface area contributed by atoms with Crippen LogP contribution in [0.4, 0.5) is 5.69 Å². The van der Waals surface area contributed by atoms with Gasteiger partial charge in [0.25, 0.3) is 5.91 Å². The predicted molar refractivity (Wildman–Crippen MR) is 69.6 cm³/mol. The summed E-state index contributed by atoms with van der Waals surface area (Å²) in [5.41, 5.74) is 1.99. The van der Waals surface area contributed by atoms with Gasteiger partial charge < -0.3 is 14.9 Å². The minimum atomic E-state index is -0.359. The summed E-state index contributed by atoms with van der Waals surface area (Å²) in [5.74, 6) is 5.14. The Kier molecular flexibility index (Phi) is 3.96. The van der Waals surface area contributed by atoms with Crippen LogP contribution in [0.2, 0.25) is 0 Å². The highest BCUT2D eigenvalue weighted by atomic mass is 16.5. The van der Waals surface area contributed by atoms with Gasteiger partial charge in [-0.25, -0.2) is 0 Å². The number of hydrogen-bond acceptors (Lipinski definition) is 4. The second-order valence-electron chi connectivity index (χ2n) is 3.83. The van der Waals surface area contributed by atoms with E-state index in [1.807, 2.05) is 0 Å². The number of amides is 1. The normalized spacial score (nSPS) is 9.58. The third-order valence-electron chi connectivity index (χ3n) is 2.39. The van der Waals surface area contributed by atoms with Crippen molar-refractivity contribution >= 4 is 11.6 Å². The van der Waals surface area contributed by atoms with Gasteiger partial charge in [0.1, 0.15) is 6.61 Å². The van der Waals surface area contributed by atoms with Crippen LogP contribution < -0.4 is 5.32 Å². The number of aryl methyl sites for hydroxylation is 1. The quantitative estimate of drug-likeness (QED) is 0.800. The molecule has 1 aromatic carbocycles. The molecule has 96 valence electrons. The number of aliphatic hydroxyl groups excluding tert-OH is 1. The van der Waals surface area contributed by atoms with E-state index in [1.165, 1.54) is 6.20 Å². The van der Waals surface area contributed by atoms with E-state index in [0.29, 0.717) is 16.8 Å². The van der Waals surface area contributed by atoms with Gasteiger partial charge in [-0.2, -0.15) is 0 Å². The fraction of sp³-hybridized carbons (Fsp3) is 0.143. The van der Waals surface area contributed by atoms with E-state index in [2.05, 4.69) is 22.3 Å². The lowest BCUT2D eigenvalue weighted by molar-refractivity contribution is 0.0987. The number of aliphatic hydroxyl groups is 1. The minimum Gasteiger partial charge on any atom is -0.384 e. The van der Waals surface area contributed by atoms with Crippen molar-refractivity contribution in [3.63, 3.8) is 0 Å². The standard InChI is InChI=1S/C14H12N2O3/c1-10-9-15-19-13(10)14(18)16-12-6-2-4-11(8-12)5-3-7-17/h2,4,6,8-9,17H,7H2,1H3,(H,16,18). The highest BCUT2D eigenvalue weighted by Gasteiger charge is 2.14. The summed E-state index contributed by atoms with van der Waals surface area (Å²) in [6, 6.07) is 7.02. The van der Waals surface area contributed by atoms with Crippen LogP contribution in [-0.4, -0.2) is 22.8 Å². The Morgan fingerprint density at radius 3 is 3.05 bits per heavy atom. The highest BCUT2D eigenvalue weighted by Crippen LogP contribution is 2.13. The zero-order valence-corrected chi connectivity index (χ0v) is 10.3. The third kappa shape index (κ3) is 3.21. The minimum absolute atomic E-state index is 0.187. The van der Waals surface area contributed by atoms with Crippen molar-refractivity contribution in [3.05, 3.63) is 47.3 Å². The predicted octanol–water partition coefficient (Wildman–Crippen LogP) is 1.58. The van der Waals surface area contributed by atoms with Gasteiger partial charge >= 0.3 is 0 Å². The van der Waals surface area contributed by atoms with E-state index >= 15 is 0 Å². The molecule has 19 heavy (non-hydrogen) atoms. The molecule has 1 heterocycles. The van der Waals surface area contributed by atoms with Crippen molar-refractivity contribution in [2.45, 2.75) is 6.92 Å². The molecule has 2 rings (SSSR count). The maximum Gasteiger partial charge on any atom is 0.294 e. The SMILES string of the molecule is Cc1cnoc1C(=O)Nc1cccc(C#CCO)c1. The molecule has 0 atom stereocenters. The molecule has 0 radical (unpaired) electrons. The first kappa shape index (κ1) is 12.9. The van der Waals surface area contributed by atoms with Gasteiger partial charge in [0.2, 0.25) is 5.76 Å². The van der Waals surface area contributed by atoms with E-state index in [9.17, 15) is 4.79 Å². The number of nitrogens with zero attached hydrogens (tertiary/aromatic N) is 1. The van der Waals surface area contributed by atoms with Crippen LogP contribution in [0.5, 0.6) is 0 Å². The third-order valence-corrected chi connectivity index (χ3v) is 2.39. The molecule has 0 saturated heterocycles. The van der Waals surface area contributed by atoms with E-state index in [-0.39, 0.29) is 18.3 Å². The molecule has 1 aromatic heterocycles. The van der Waals surface area contributed by atoms with Crippen LogP contribution in [0.15, 0.2) is 35.0 Å². The lowest BCUT2D eigenvalue weighted by Crippen LogP contribution is -2.12. The Hall–Kier alpha value is -2.58. The average Bonchev–Trinajstić information content (AvgIpc) is 2.83. The van der Waals surface area contributed by atoms with E-state index in [0.717, 1.165) is 0 Å². The number of rotatable bonds is 2. The molecule has 5 nitrogen and oxygen atoms in total. The summed E-state index contributed by atoms with van der Waals surface area (Å²) >= 11 is 0. The molecule has 1 amide bonds. The maximum atomic E-state index is 11.9. The fourth-order valence-corrected chi connectivity index (χ4v) is 1.51. The molecule has 0 saturated carbocycles. The van der Waals surface area contributed by atoms with Gasteiger partial charge in [-0.1, -0.05) is 23.1 Å². The van der Waals surface area contributed by atoms with Crippen molar-refractivity contribution in [1.29, 1.82) is 0 Å². The molecule has 2 aromatic rings. The molecule has 5 heteroatoms. The van der Waals surface area contributed by atoms with Crippen LogP contribution in [0.3, 0.4) is 0 Å². The zero-order valence-electron chi connectivity index (χ0n) is 10.3. The smallest absolute Gasteiger partial charge is 0.294 e. The average molecular weight is 256 g/mol. The van der Waals surface area contributed by atoms with Gasteiger partial charge in [-0.15, -0.1) is 0 Å². The van der Waals surface area contributed by atoms with Crippen molar-refractivity contribution in [1.82, 2.24) is 5.16 Å². The number of nitrogens with one attached hydrogen (secondary N) is 1. The molecule has 2 N–H and O–H groups in total. The number of hydrogen-bond donors (Lipinski definition) is 2. The molecule has 0 aliphatic heterocycles. The van der Waals surface area contributed by atoms with Crippen LogP contribution in [-0.2, 0) is 0 Å². The number of carbonyl (C=O) groups is 1. The molecule has 0 aliphatic carbocycles. The Balaban J connectivity index is 2.15. The Morgan fingerprint density at radius 1 is 1.53 bits per heavy atom. The maximum absolute atomic E-state index is 11.9. The fourth-order valence-electron chi connectivity index (χ4n) is 1.51. The molecular formula is C14H12N2O3. The Labute approximate surface area is 110 Å². The van der Waals surface area contributed by atoms with Gasteiger partial charge in [0.15, 0.2) is 0 Å². The van der Waals surface area contributed by atoms with Crippen molar-refractivity contribution in [3.8, 4) is 11.8 Å². The van der Waals surface area contributed by atoms with Crippen LogP contribution in [0.1, 0.15) is 21.7 Å².